The quantitative estimate of drug-likeness (QED) is 0.368. The van der Waals surface area contributed by atoms with Crippen LogP contribution in [0.2, 0.25) is 5.02 Å². The molecule has 0 aliphatic heterocycles. The van der Waals surface area contributed by atoms with E-state index in [4.69, 9.17) is 11.6 Å². The summed E-state index contributed by atoms with van der Waals surface area (Å²) in [6.45, 7) is 1.86. The van der Waals surface area contributed by atoms with Crippen molar-refractivity contribution in [1.82, 2.24) is 9.97 Å². The molecule has 9 heteroatoms. The van der Waals surface area contributed by atoms with Gasteiger partial charge in [0, 0.05) is 23.0 Å². The molecule has 0 amide bonds. The van der Waals surface area contributed by atoms with Crippen LogP contribution < -0.4 is 5.43 Å². The Morgan fingerprint density at radius 2 is 1.84 bits per heavy atom. The molecule has 126 valence electrons. The first-order chi connectivity index (χ1) is 12.1. The van der Waals surface area contributed by atoms with Crippen molar-refractivity contribution < 1.29 is 5.11 Å². The monoisotopic (exact) mass is 372 g/mol. The molecule has 1 aromatic carbocycles. The van der Waals surface area contributed by atoms with Gasteiger partial charge in [-0.05, 0) is 43.3 Å². The van der Waals surface area contributed by atoms with Crippen molar-refractivity contribution in [3.8, 4) is 5.88 Å². The molecular formula is C16H13ClN6OS. The summed E-state index contributed by atoms with van der Waals surface area (Å²) < 4.78 is 0. The number of aromatic nitrogens is 2. The van der Waals surface area contributed by atoms with Crippen molar-refractivity contribution in [2.45, 2.75) is 6.92 Å². The van der Waals surface area contributed by atoms with Crippen LogP contribution in [0.4, 0.5) is 15.8 Å². The van der Waals surface area contributed by atoms with Gasteiger partial charge in [0.2, 0.25) is 10.1 Å². The Kier molecular flexibility index (Phi) is 5.32. The third-order valence-corrected chi connectivity index (χ3v) is 4.18. The lowest BCUT2D eigenvalue weighted by atomic mass is 10.2. The van der Waals surface area contributed by atoms with Crippen LogP contribution in [0, 0.1) is 0 Å². The van der Waals surface area contributed by atoms with Gasteiger partial charge >= 0.3 is 0 Å². The summed E-state index contributed by atoms with van der Waals surface area (Å²) in [5.74, 6) is -0.207. The molecule has 0 aliphatic rings. The normalized spacial score (nSPS) is 11.8. The second-order valence-corrected chi connectivity index (χ2v) is 6.28. The molecule has 0 saturated carbocycles. The van der Waals surface area contributed by atoms with E-state index in [0.717, 1.165) is 22.6 Å². The van der Waals surface area contributed by atoms with Gasteiger partial charge in [0.1, 0.15) is 0 Å². The lowest BCUT2D eigenvalue weighted by molar-refractivity contribution is 0.459. The van der Waals surface area contributed by atoms with E-state index in [-0.39, 0.29) is 10.9 Å². The largest absolute Gasteiger partial charge is 0.491 e. The first kappa shape index (κ1) is 17.0. The number of aromatic hydroxyl groups is 1. The third kappa shape index (κ3) is 4.59. The zero-order valence-corrected chi connectivity index (χ0v) is 14.7. The lowest BCUT2D eigenvalue weighted by Gasteiger charge is -1.99. The molecule has 2 heterocycles. The molecule has 0 aliphatic carbocycles. The number of benzene rings is 1. The molecule has 0 spiro atoms. The molecule has 0 saturated heterocycles. The summed E-state index contributed by atoms with van der Waals surface area (Å²) in [4.78, 5) is 7.93. The van der Waals surface area contributed by atoms with E-state index in [1.165, 1.54) is 0 Å². The predicted molar refractivity (Wildman–Crippen MR) is 99.5 cm³/mol. The van der Waals surface area contributed by atoms with Gasteiger partial charge in [0.15, 0.2) is 0 Å². The van der Waals surface area contributed by atoms with E-state index in [1.54, 1.807) is 36.7 Å². The molecule has 0 unspecified atom stereocenters. The third-order valence-electron chi connectivity index (χ3n) is 3.09. The topological polar surface area (TPSA) is 95.1 Å². The molecule has 3 rings (SSSR count). The van der Waals surface area contributed by atoms with Gasteiger partial charge in [0.05, 0.1) is 11.4 Å². The predicted octanol–water partition coefficient (Wildman–Crippen LogP) is 5.15. The minimum absolute atomic E-state index is 0.207. The number of anilines is 1. The van der Waals surface area contributed by atoms with Gasteiger partial charge in [-0.25, -0.2) is 0 Å². The summed E-state index contributed by atoms with van der Waals surface area (Å²) in [7, 11) is 0. The maximum absolute atomic E-state index is 9.86. The van der Waals surface area contributed by atoms with Crippen LogP contribution >= 0.6 is 22.9 Å². The molecule has 7 nitrogen and oxygen atoms in total. The van der Waals surface area contributed by atoms with Crippen LogP contribution in [0.5, 0.6) is 5.88 Å². The minimum atomic E-state index is -0.207. The van der Waals surface area contributed by atoms with E-state index < -0.39 is 0 Å². The van der Waals surface area contributed by atoms with Crippen LogP contribution in [-0.4, -0.2) is 20.8 Å². The molecule has 25 heavy (non-hydrogen) atoms. The molecule has 0 atom stereocenters. The van der Waals surface area contributed by atoms with Crippen molar-refractivity contribution in [3.63, 3.8) is 0 Å². The zero-order chi connectivity index (χ0) is 17.6. The molecule has 0 radical (unpaired) electrons. The van der Waals surface area contributed by atoms with E-state index in [2.05, 4.69) is 30.7 Å². The highest BCUT2D eigenvalue weighted by Gasteiger charge is 2.09. The summed E-state index contributed by atoms with van der Waals surface area (Å²) in [6.07, 6.45) is 3.39. The van der Waals surface area contributed by atoms with Crippen LogP contribution in [0.15, 0.2) is 64.1 Å². The molecule has 0 bridgehead atoms. The maximum atomic E-state index is 9.86. The molecular weight excluding hydrogens is 360 g/mol. The fourth-order valence-electron chi connectivity index (χ4n) is 1.82. The second kappa shape index (κ2) is 7.82. The van der Waals surface area contributed by atoms with E-state index in [0.29, 0.717) is 15.8 Å². The summed E-state index contributed by atoms with van der Waals surface area (Å²) in [6, 6.07) is 10.6. The number of rotatable bonds is 5. The maximum Gasteiger partial charge on any atom is 0.253 e. The van der Waals surface area contributed by atoms with Crippen LogP contribution in [0.1, 0.15) is 12.5 Å². The fraction of sp³-hybridized carbons (Fsp3) is 0.0625. The highest BCUT2D eigenvalue weighted by atomic mass is 35.5. The number of halogens is 1. The van der Waals surface area contributed by atoms with Gasteiger partial charge in [-0.2, -0.15) is 10.1 Å². The zero-order valence-electron chi connectivity index (χ0n) is 13.1. The van der Waals surface area contributed by atoms with Gasteiger partial charge in [-0.3, -0.25) is 10.4 Å². The first-order valence-corrected chi connectivity index (χ1v) is 8.39. The Balaban J connectivity index is 1.71. The van der Waals surface area contributed by atoms with Gasteiger partial charge in [-0.1, -0.05) is 22.9 Å². The number of azo groups is 1. The van der Waals surface area contributed by atoms with Crippen molar-refractivity contribution >= 4 is 44.5 Å². The standard InChI is InChI=1S/C16H13ClN6OS/c1-10(11-6-8-18-9-7-11)20-23-16-19-14(24)15(25-16)22-21-13-4-2-12(17)3-5-13/h2-9,24H,1H3,(H,19,23)/b20-10+,22-21?. The highest BCUT2D eigenvalue weighted by molar-refractivity contribution is 7.19. The fourth-order valence-corrected chi connectivity index (χ4v) is 2.57. The number of hydrogen-bond donors (Lipinski definition) is 2. The Morgan fingerprint density at radius 3 is 2.56 bits per heavy atom. The van der Waals surface area contributed by atoms with Crippen molar-refractivity contribution in [2.24, 2.45) is 15.3 Å². The summed E-state index contributed by atoms with van der Waals surface area (Å²) in [5.41, 5.74) is 5.13. The molecule has 0 fully saturated rings. The first-order valence-electron chi connectivity index (χ1n) is 7.19. The number of nitrogens with one attached hydrogen (secondary N) is 1. The van der Waals surface area contributed by atoms with Crippen molar-refractivity contribution in [1.29, 1.82) is 0 Å². The summed E-state index contributed by atoms with van der Waals surface area (Å²) >= 11 is 6.96. The Morgan fingerprint density at radius 1 is 1.12 bits per heavy atom. The molecule has 3 aromatic rings. The Hall–Kier alpha value is -2.84. The lowest BCUT2D eigenvalue weighted by Crippen LogP contribution is -1.99. The van der Waals surface area contributed by atoms with Gasteiger partial charge in [-0.15, -0.1) is 10.2 Å². The van der Waals surface area contributed by atoms with Gasteiger partial charge in [0.25, 0.3) is 5.88 Å². The smallest absolute Gasteiger partial charge is 0.253 e. The van der Waals surface area contributed by atoms with E-state index in [1.807, 2.05) is 19.1 Å². The van der Waals surface area contributed by atoms with E-state index in [9.17, 15) is 5.11 Å². The average Bonchev–Trinajstić information content (AvgIpc) is 3.00. The van der Waals surface area contributed by atoms with Crippen LogP contribution in [-0.2, 0) is 0 Å². The van der Waals surface area contributed by atoms with Crippen molar-refractivity contribution in [3.05, 3.63) is 59.4 Å². The van der Waals surface area contributed by atoms with Crippen LogP contribution in [0.25, 0.3) is 0 Å². The second-order valence-electron chi connectivity index (χ2n) is 4.87. The number of pyridine rings is 1. The molecule has 2 N–H and O–H groups in total. The number of hydrazone groups is 1. The molecule has 2 aromatic heterocycles. The van der Waals surface area contributed by atoms with Crippen LogP contribution in [0.3, 0.4) is 0 Å². The number of hydrogen-bond acceptors (Lipinski definition) is 8. The Bertz CT molecular complexity index is 908. The summed E-state index contributed by atoms with van der Waals surface area (Å²) in [5, 5.41) is 23.5. The number of nitrogens with zero attached hydrogens (tertiary/aromatic N) is 5. The highest BCUT2D eigenvalue weighted by Crippen LogP contribution is 2.37. The van der Waals surface area contributed by atoms with E-state index >= 15 is 0 Å². The Labute approximate surface area is 152 Å². The van der Waals surface area contributed by atoms with Crippen molar-refractivity contribution in [2.75, 3.05) is 5.43 Å². The minimum Gasteiger partial charge on any atom is -0.491 e. The van der Waals surface area contributed by atoms with Gasteiger partial charge < -0.3 is 5.11 Å². The SMILES string of the molecule is C/C(=N\Nc1nc(O)c(N=Nc2ccc(Cl)cc2)s1)c1ccncc1. The average molecular weight is 373 g/mol. The number of thiazole rings is 1.